The van der Waals surface area contributed by atoms with Gasteiger partial charge in [-0.1, -0.05) is 0 Å². The fourth-order valence-electron chi connectivity index (χ4n) is 0.703. The predicted octanol–water partition coefficient (Wildman–Crippen LogP) is -1.50. The summed E-state index contributed by atoms with van der Waals surface area (Å²) in [6, 6.07) is 0. The Balaban J connectivity index is 2.98. The van der Waals surface area contributed by atoms with Crippen LogP contribution in [0.4, 0.5) is 4.79 Å². The number of nitrogens with one attached hydrogen (secondary N) is 2. The molecule has 0 aliphatic heterocycles. The van der Waals surface area contributed by atoms with Crippen LogP contribution >= 0.6 is 0 Å². The molecular weight excluding hydrogens is 204 g/mol. The number of carbonyl (C=O) groups is 1. The van der Waals surface area contributed by atoms with E-state index in [0.29, 0.717) is 26.4 Å². The summed E-state index contributed by atoms with van der Waals surface area (Å²) in [6.07, 6.45) is -1.31. The normalized spacial score (nSPS) is 9.33. The van der Waals surface area contributed by atoms with Crippen molar-refractivity contribution in [3.05, 3.63) is 0 Å². The van der Waals surface area contributed by atoms with E-state index in [2.05, 4.69) is 15.3 Å². The highest BCUT2D eigenvalue weighted by molar-refractivity contribution is 5.61. The molecule has 0 rings (SSSR count). The number of hydrogen-bond acceptors (Lipinski definition) is 6. The largest absolute Gasteiger partial charge is 0.530 e. The molecule has 0 spiro atoms. The molecule has 0 saturated carbocycles. The second-order valence-corrected chi connectivity index (χ2v) is 2.40. The van der Waals surface area contributed by atoms with E-state index >= 15 is 0 Å². The molecule has 0 unspecified atom stereocenters. The third kappa shape index (κ3) is 12.5. The summed E-state index contributed by atoms with van der Waals surface area (Å²) in [7, 11) is 0. The van der Waals surface area contributed by atoms with Gasteiger partial charge in [0, 0.05) is 6.54 Å². The first-order valence-corrected chi connectivity index (χ1v) is 4.41. The molecule has 8 heteroatoms. The van der Waals surface area contributed by atoms with Gasteiger partial charge in [0.1, 0.15) is 23.3 Å². The van der Waals surface area contributed by atoms with E-state index in [1.165, 1.54) is 0 Å². The molecule has 0 aromatic rings. The number of carbonyl (C=O) groups excluding carboxylic acids is 1. The third-order valence-corrected chi connectivity index (χ3v) is 1.29. The van der Waals surface area contributed by atoms with Crippen molar-refractivity contribution in [1.82, 2.24) is 10.2 Å². The van der Waals surface area contributed by atoms with Crippen molar-refractivity contribution < 1.29 is 19.4 Å². The number of nitrogens with zero attached hydrogens (tertiary/aromatic N) is 2. The number of ether oxygens (including phenoxy) is 2. The first-order valence-electron chi connectivity index (χ1n) is 4.41. The number of carboxylic acid groups (broad SMARTS) is 1. The van der Waals surface area contributed by atoms with Crippen LogP contribution in [0.25, 0.3) is 0 Å². The molecule has 86 valence electrons. The lowest BCUT2D eigenvalue weighted by Gasteiger charge is -2.06. The molecule has 0 saturated heterocycles. The molecule has 0 atom stereocenters. The van der Waals surface area contributed by atoms with E-state index in [-0.39, 0.29) is 13.2 Å². The topological polar surface area (TPSA) is 121 Å². The van der Waals surface area contributed by atoms with E-state index < -0.39 is 6.09 Å². The average molecular weight is 218 g/mol. The Morgan fingerprint density at radius 1 is 1.33 bits per heavy atom. The number of rotatable bonds is 9. The summed E-state index contributed by atoms with van der Waals surface area (Å²) in [5, 5.41) is 15.3. The van der Waals surface area contributed by atoms with Gasteiger partial charge < -0.3 is 24.7 Å². The van der Waals surface area contributed by atoms with Crippen molar-refractivity contribution in [2.24, 2.45) is 5.11 Å². The van der Waals surface area contributed by atoms with Crippen LogP contribution in [0, 0.1) is 5.53 Å². The Kier molecular flexibility index (Phi) is 9.52. The van der Waals surface area contributed by atoms with Gasteiger partial charge in [-0.05, 0) is 0 Å². The summed E-state index contributed by atoms with van der Waals surface area (Å²) in [6.45, 7) is 2.02. The zero-order valence-electron chi connectivity index (χ0n) is 8.27. The fourth-order valence-corrected chi connectivity index (χ4v) is 0.703. The lowest BCUT2D eigenvalue weighted by Crippen LogP contribution is -2.38. The zero-order chi connectivity index (χ0) is 11.4. The number of amides is 1. The molecule has 0 aliphatic carbocycles. The van der Waals surface area contributed by atoms with Crippen molar-refractivity contribution in [2.45, 2.75) is 0 Å². The van der Waals surface area contributed by atoms with Gasteiger partial charge in [-0.2, -0.15) is 0 Å². The van der Waals surface area contributed by atoms with Gasteiger partial charge in [0.2, 0.25) is 4.91 Å². The van der Waals surface area contributed by atoms with Gasteiger partial charge in [-0.3, -0.25) is 0 Å². The molecule has 0 aromatic heterocycles. The molecule has 2 N–H and O–H groups in total. The lowest BCUT2D eigenvalue weighted by molar-refractivity contribution is -0.250. The summed E-state index contributed by atoms with van der Waals surface area (Å²) in [5.41, 5.74) is 6.35. The van der Waals surface area contributed by atoms with Gasteiger partial charge >= 0.3 is 0 Å². The summed E-state index contributed by atoms with van der Waals surface area (Å²) >= 11 is 0. The molecule has 1 amide bonds. The van der Waals surface area contributed by atoms with Gasteiger partial charge in [0.15, 0.2) is 0 Å². The second kappa shape index (κ2) is 10.6. The molecule has 0 radical (unpaired) electrons. The standard InChI is InChI=1S/C7H14N4O4/c8-11-10-2-4-15-6-5-14-3-1-9-7(12)13/h8-9H,1-6H2. The zero-order valence-corrected chi connectivity index (χ0v) is 8.27. The Bertz CT molecular complexity index is 209. The quantitative estimate of drug-likeness (QED) is 0.278. The van der Waals surface area contributed by atoms with Gasteiger partial charge in [-0.15, -0.1) is 0 Å². The fraction of sp³-hybridized carbons (Fsp3) is 0.857. The Hall–Kier alpha value is -1.50. The Morgan fingerprint density at radius 3 is 2.60 bits per heavy atom. The van der Waals surface area contributed by atoms with Crippen molar-refractivity contribution in [1.29, 1.82) is 5.53 Å². The van der Waals surface area contributed by atoms with E-state index in [9.17, 15) is 9.90 Å². The molecule has 0 bridgehead atoms. The van der Waals surface area contributed by atoms with E-state index in [1.807, 2.05) is 0 Å². The van der Waals surface area contributed by atoms with Crippen LogP contribution in [0.15, 0.2) is 5.11 Å². The van der Waals surface area contributed by atoms with Gasteiger partial charge in [-0.25, -0.2) is 0 Å². The molecule has 0 fully saturated rings. The van der Waals surface area contributed by atoms with Crippen LogP contribution in [0.3, 0.4) is 0 Å². The van der Waals surface area contributed by atoms with Crippen molar-refractivity contribution in [3.8, 4) is 0 Å². The maximum Gasteiger partial charge on any atom is 0.214 e. The summed E-state index contributed by atoms with van der Waals surface area (Å²) in [5.74, 6) is 0. The highest BCUT2D eigenvalue weighted by Gasteiger charge is 1.91. The molecule has 0 aliphatic rings. The summed E-state index contributed by atoms with van der Waals surface area (Å²) in [4.78, 5) is 12.7. The molecular formula is C7H14N4O4. The van der Waals surface area contributed by atoms with Crippen LogP contribution in [-0.2, 0) is 9.47 Å². The van der Waals surface area contributed by atoms with E-state index in [0.717, 1.165) is 0 Å². The predicted molar refractivity (Wildman–Crippen MR) is 47.2 cm³/mol. The average Bonchev–Trinajstić information content (AvgIpc) is 2.20. The van der Waals surface area contributed by atoms with Crippen LogP contribution in [0.1, 0.15) is 0 Å². The smallest absolute Gasteiger partial charge is 0.214 e. The molecule has 0 aromatic carbocycles. The SMILES string of the molecule is N=[N+]=NCCOCCOCCNC(=O)[O-]. The lowest BCUT2D eigenvalue weighted by atomic mass is 10.6. The van der Waals surface area contributed by atoms with Crippen LogP contribution in [0.2, 0.25) is 0 Å². The van der Waals surface area contributed by atoms with Gasteiger partial charge in [0.05, 0.1) is 26.4 Å². The monoisotopic (exact) mass is 218 g/mol. The third-order valence-electron chi connectivity index (χ3n) is 1.29. The Labute approximate surface area is 86.8 Å². The minimum Gasteiger partial charge on any atom is -0.530 e. The van der Waals surface area contributed by atoms with E-state index in [1.54, 1.807) is 0 Å². The highest BCUT2D eigenvalue weighted by atomic mass is 16.5. The second-order valence-electron chi connectivity index (χ2n) is 2.40. The maximum absolute atomic E-state index is 9.90. The molecule has 0 heterocycles. The van der Waals surface area contributed by atoms with E-state index in [4.69, 9.17) is 15.0 Å². The highest BCUT2D eigenvalue weighted by Crippen LogP contribution is 1.78. The van der Waals surface area contributed by atoms with Crippen LogP contribution in [-0.4, -0.2) is 45.6 Å². The first kappa shape index (κ1) is 13.5. The van der Waals surface area contributed by atoms with Crippen LogP contribution < -0.4 is 15.3 Å². The van der Waals surface area contributed by atoms with Gasteiger partial charge in [0.25, 0.3) is 0 Å². The molecule has 15 heavy (non-hydrogen) atoms. The summed E-state index contributed by atoms with van der Waals surface area (Å²) < 4.78 is 10.1. The van der Waals surface area contributed by atoms with Crippen molar-refractivity contribution >= 4 is 6.09 Å². The molecule has 8 nitrogen and oxygen atoms in total. The maximum atomic E-state index is 9.90. The van der Waals surface area contributed by atoms with Crippen molar-refractivity contribution in [3.63, 3.8) is 0 Å². The number of hydrogen-bond donors (Lipinski definition) is 2. The van der Waals surface area contributed by atoms with Crippen molar-refractivity contribution in [2.75, 3.05) is 39.5 Å². The van der Waals surface area contributed by atoms with Crippen LogP contribution in [0.5, 0.6) is 0 Å². The minimum atomic E-state index is -1.31. The minimum absolute atomic E-state index is 0.204. The first-order chi connectivity index (χ1) is 7.27. The Morgan fingerprint density at radius 2 is 2.00 bits per heavy atom.